The van der Waals surface area contributed by atoms with Gasteiger partial charge in [-0.05, 0) is 37.1 Å². The van der Waals surface area contributed by atoms with Crippen LogP contribution in [0.15, 0.2) is 30.5 Å². The summed E-state index contributed by atoms with van der Waals surface area (Å²) in [6.07, 6.45) is 6.09. The Hall–Kier alpha value is -1.28. The summed E-state index contributed by atoms with van der Waals surface area (Å²) in [6.45, 7) is 1.16. The van der Waals surface area contributed by atoms with E-state index in [1.165, 1.54) is 35.7 Å². The van der Waals surface area contributed by atoms with Crippen LogP contribution in [0.25, 0.3) is 10.9 Å². The van der Waals surface area contributed by atoms with Crippen LogP contribution < -0.4 is 5.32 Å². The smallest absolute Gasteiger partial charge is 0.0481 e. The Bertz CT molecular complexity index is 492. The Balaban J connectivity index is 2.08. The number of rotatable bonds is 1. The van der Waals surface area contributed by atoms with Crippen molar-refractivity contribution in [1.82, 2.24) is 9.88 Å². The van der Waals surface area contributed by atoms with E-state index in [4.69, 9.17) is 0 Å². The molecule has 1 aliphatic heterocycles. The number of nitrogens with zero attached hydrogens (tertiary/aromatic N) is 1. The minimum Gasteiger partial charge on any atom is -0.351 e. The van der Waals surface area contributed by atoms with Gasteiger partial charge in [0, 0.05) is 30.2 Å². The van der Waals surface area contributed by atoms with Crippen LogP contribution >= 0.6 is 0 Å². The molecule has 1 unspecified atom stereocenters. The lowest BCUT2D eigenvalue weighted by atomic mass is 9.95. The van der Waals surface area contributed by atoms with Gasteiger partial charge in [-0.15, -0.1) is 0 Å². The molecule has 0 saturated carbocycles. The second-order valence-corrected chi connectivity index (χ2v) is 4.71. The molecule has 1 N–H and O–H groups in total. The number of nitrogens with one attached hydrogen (secondary N) is 1. The van der Waals surface area contributed by atoms with Crippen LogP contribution in [0.4, 0.5) is 0 Å². The van der Waals surface area contributed by atoms with Crippen LogP contribution in [0.3, 0.4) is 0 Å². The molecule has 1 aromatic carbocycles. The van der Waals surface area contributed by atoms with Crippen molar-refractivity contribution in [3.8, 4) is 0 Å². The fourth-order valence-corrected chi connectivity index (χ4v) is 2.75. The first-order valence-electron chi connectivity index (χ1n) is 6.13. The lowest BCUT2D eigenvalue weighted by Gasteiger charge is -2.24. The van der Waals surface area contributed by atoms with Crippen LogP contribution in [-0.2, 0) is 7.05 Å². The summed E-state index contributed by atoms with van der Waals surface area (Å²) in [4.78, 5) is 0. The average molecular weight is 214 g/mol. The van der Waals surface area contributed by atoms with E-state index < -0.39 is 0 Å². The van der Waals surface area contributed by atoms with Gasteiger partial charge >= 0.3 is 0 Å². The Kier molecular flexibility index (Phi) is 2.44. The minimum atomic E-state index is 0.555. The SMILES string of the molecule is Cn1ccc2c(C3CCCCN3)cccc21. The van der Waals surface area contributed by atoms with Gasteiger partial charge in [0.1, 0.15) is 0 Å². The fourth-order valence-electron chi connectivity index (χ4n) is 2.75. The molecule has 0 aliphatic carbocycles. The first-order valence-corrected chi connectivity index (χ1v) is 6.13. The molecule has 0 spiro atoms. The lowest BCUT2D eigenvalue weighted by molar-refractivity contribution is 0.414. The highest BCUT2D eigenvalue weighted by Gasteiger charge is 2.17. The molecule has 2 heteroatoms. The third-order valence-corrected chi connectivity index (χ3v) is 3.65. The zero-order valence-electron chi connectivity index (χ0n) is 9.74. The van der Waals surface area contributed by atoms with Crippen molar-refractivity contribution in [2.45, 2.75) is 25.3 Å². The van der Waals surface area contributed by atoms with Gasteiger partial charge in [-0.1, -0.05) is 18.6 Å². The van der Waals surface area contributed by atoms with Gasteiger partial charge in [-0.25, -0.2) is 0 Å². The maximum atomic E-state index is 3.63. The Morgan fingerprint density at radius 3 is 3.00 bits per heavy atom. The van der Waals surface area contributed by atoms with E-state index in [0.717, 1.165) is 6.54 Å². The van der Waals surface area contributed by atoms with E-state index in [1.807, 2.05) is 0 Å². The highest BCUT2D eigenvalue weighted by atomic mass is 14.9. The van der Waals surface area contributed by atoms with Crippen LogP contribution in [0.2, 0.25) is 0 Å². The van der Waals surface area contributed by atoms with Crippen molar-refractivity contribution in [1.29, 1.82) is 0 Å². The van der Waals surface area contributed by atoms with Crippen LogP contribution in [0.5, 0.6) is 0 Å². The number of fused-ring (bicyclic) bond motifs is 1. The molecule has 1 aliphatic rings. The number of benzene rings is 1. The third kappa shape index (κ3) is 1.54. The predicted molar refractivity (Wildman–Crippen MR) is 67.5 cm³/mol. The normalized spacial score (nSPS) is 21.4. The quantitative estimate of drug-likeness (QED) is 0.772. The highest BCUT2D eigenvalue weighted by molar-refractivity contribution is 5.84. The number of hydrogen-bond acceptors (Lipinski definition) is 1. The Morgan fingerprint density at radius 1 is 1.25 bits per heavy atom. The summed E-state index contributed by atoms with van der Waals surface area (Å²) in [6, 6.07) is 9.43. The van der Waals surface area contributed by atoms with Gasteiger partial charge in [0.2, 0.25) is 0 Å². The number of aromatic nitrogens is 1. The zero-order chi connectivity index (χ0) is 11.0. The molecule has 0 radical (unpaired) electrons. The predicted octanol–water partition coefficient (Wildman–Crippen LogP) is 2.99. The van der Waals surface area contributed by atoms with Gasteiger partial charge in [0.15, 0.2) is 0 Å². The van der Waals surface area contributed by atoms with E-state index in [9.17, 15) is 0 Å². The van der Waals surface area contributed by atoms with Crippen molar-refractivity contribution in [3.05, 3.63) is 36.0 Å². The van der Waals surface area contributed by atoms with Crippen molar-refractivity contribution in [2.75, 3.05) is 6.54 Å². The fraction of sp³-hybridized carbons (Fsp3) is 0.429. The summed E-state index contributed by atoms with van der Waals surface area (Å²) in [5.74, 6) is 0. The number of piperidine rings is 1. The maximum absolute atomic E-state index is 3.63. The second kappa shape index (κ2) is 3.95. The maximum Gasteiger partial charge on any atom is 0.0481 e. The van der Waals surface area contributed by atoms with E-state index >= 15 is 0 Å². The number of aryl methyl sites for hydroxylation is 1. The molecule has 2 heterocycles. The first-order chi connectivity index (χ1) is 7.86. The molecular formula is C14H18N2. The van der Waals surface area contributed by atoms with E-state index in [2.05, 4.69) is 47.4 Å². The molecule has 2 aromatic rings. The van der Waals surface area contributed by atoms with E-state index in [1.54, 1.807) is 0 Å². The molecule has 1 saturated heterocycles. The largest absolute Gasteiger partial charge is 0.351 e. The standard InChI is InChI=1S/C14H18N2/c1-16-10-8-12-11(5-4-7-14(12)16)13-6-2-3-9-15-13/h4-5,7-8,10,13,15H,2-3,6,9H2,1H3. The van der Waals surface area contributed by atoms with E-state index in [-0.39, 0.29) is 0 Å². The summed E-state index contributed by atoms with van der Waals surface area (Å²) in [5.41, 5.74) is 2.81. The third-order valence-electron chi connectivity index (χ3n) is 3.65. The highest BCUT2D eigenvalue weighted by Crippen LogP contribution is 2.29. The molecule has 1 fully saturated rings. The van der Waals surface area contributed by atoms with Gasteiger partial charge in [0.05, 0.1) is 0 Å². The first kappa shape index (κ1) is 9.91. The molecular weight excluding hydrogens is 196 g/mol. The summed E-state index contributed by atoms with van der Waals surface area (Å²) < 4.78 is 2.20. The Labute approximate surface area is 96.3 Å². The van der Waals surface area contributed by atoms with Crippen LogP contribution in [0, 0.1) is 0 Å². The molecule has 3 rings (SSSR count). The second-order valence-electron chi connectivity index (χ2n) is 4.71. The average Bonchev–Trinajstić information content (AvgIpc) is 2.73. The molecule has 2 nitrogen and oxygen atoms in total. The van der Waals surface area contributed by atoms with Gasteiger partial charge in [-0.3, -0.25) is 0 Å². The Morgan fingerprint density at radius 2 is 2.19 bits per heavy atom. The summed E-state index contributed by atoms with van der Waals surface area (Å²) in [5, 5.41) is 5.03. The lowest BCUT2D eigenvalue weighted by Crippen LogP contribution is -2.26. The molecule has 1 aromatic heterocycles. The van der Waals surface area contributed by atoms with Crippen molar-refractivity contribution < 1.29 is 0 Å². The molecule has 0 bridgehead atoms. The summed E-state index contributed by atoms with van der Waals surface area (Å²) in [7, 11) is 2.11. The number of hydrogen-bond donors (Lipinski definition) is 1. The van der Waals surface area contributed by atoms with Gasteiger partial charge in [-0.2, -0.15) is 0 Å². The molecule has 0 amide bonds. The van der Waals surface area contributed by atoms with Crippen LogP contribution in [0.1, 0.15) is 30.9 Å². The monoisotopic (exact) mass is 214 g/mol. The van der Waals surface area contributed by atoms with Crippen LogP contribution in [-0.4, -0.2) is 11.1 Å². The topological polar surface area (TPSA) is 17.0 Å². The minimum absolute atomic E-state index is 0.555. The molecule has 16 heavy (non-hydrogen) atoms. The molecule has 84 valence electrons. The van der Waals surface area contributed by atoms with Crippen molar-refractivity contribution in [3.63, 3.8) is 0 Å². The zero-order valence-corrected chi connectivity index (χ0v) is 9.74. The van der Waals surface area contributed by atoms with Crippen molar-refractivity contribution in [2.24, 2.45) is 7.05 Å². The molecule has 1 atom stereocenters. The van der Waals surface area contributed by atoms with E-state index in [0.29, 0.717) is 6.04 Å². The van der Waals surface area contributed by atoms with Gasteiger partial charge in [0.25, 0.3) is 0 Å². The van der Waals surface area contributed by atoms with Gasteiger partial charge < -0.3 is 9.88 Å². The van der Waals surface area contributed by atoms with Crippen molar-refractivity contribution >= 4 is 10.9 Å². The summed E-state index contributed by atoms with van der Waals surface area (Å²) >= 11 is 0.